The number of carboxylic acids is 1. The molecule has 0 saturated carbocycles. The van der Waals surface area contributed by atoms with Crippen LogP contribution in [0.5, 0.6) is 11.5 Å². The fourth-order valence-electron chi connectivity index (χ4n) is 5.13. The molecule has 0 atom stereocenters. The first-order valence-electron chi connectivity index (χ1n) is 13.4. The Bertz CT molecular complexity index is 2030. The molecule has 0 unspecified atom stereocenters. The number of ether oxygens (including phenoxy) is 2. The number of hydrogen-bond acceptors (Lipinski definition) is 8. The molecule has 0 fully saturated rings. The average molecular weight is 660 g/mol. The van der Waals surface area contributed by atoms with Crippen LogP contribution in [0.1, 0.15) is 17.1 Å². The molecule has 2 aromatic heterocycles. The minimum Gasteiger partial charge on any atom is -0.476 e. The highest BCUT2D eigenvalue weighted by Gasteiger charge is 2.45. The SMILES string of the molecule is CSc1cc(-c2ccc(-c3cc(C(F)(F)C(=O)O)nn3C)c(-c3oc(C)nc3-c3ccc4c(c3)OC(F)(F)O4)c2)cc(F)c1CO. The molecule has 0 bridgehead atoms. The van der Waals surface area contributed by atoms with Gasteiger partial charge in [0.25, 0.3) is 0 Å². The highest BCUT2D eigenvalue weighted by atomic mass is 32.2. The van der Waals surface area contributed by atoms with Crippen molar-refractivity contribution < 1.29 is 50.9 Å². The quantitative estimate of drug-likeness (QED) is 0.131. The van der Waals surface area contributed by atoms with E-state index in [0.29, 0.717) is 16.0 Å². The van der Waals surface area contributed by atoms with Gasteiger partial charge in [0.05, 0.1) is 12.3 Å². The summed E-state index contributed by atoms with van der Waals surface area (Å²) in [4.78, 5) is 16.2. The summed E-state index contributed by atoms with van der Waals surface area (Å²) < 4.78 is 87.7. The number of alkyl halides is 4. The second kappa shape index (κ2) is 11.2. The van der Waals surface area contributed by atoms with Gasteiger partial charge >= 0.3 is 18.2 Å². The maximum atomic E-state index is 15.0. The molecule has 6 rings (SSSR count). The maximum absolute atomic E-state index is 15.0. The van der Waals surface area contributed by atoms with Crippen LogP contribution in [0.4, 0.5) is 22.0 Å². The van der Waals surface area contributed by atoms with E-state index in [1.54, 1.807) is 37.4 Å². The van der Waals surface area contributed by atoms with Gasteiger partial charge in [-0.1, -0.05) is 12.1 Å². The molecule has 238 valence electrons. The Labute approximate surface area is 261 Å². The molecule has 1 aliphatic rings. The number of aliphatic carboxylic acids is 1. The molecule has 0 radical (unpaired) electrons. The van der Waals surface area contributed by atoms with Crippen LogP contribution >= 0.6 is 11.8 Å². The Kier molecular flexibility index (Phi) is 7.55. The lowest BCUT2D eigenvalue weighted by Crippen LogP contribution is -2.26. The number of aliphatic hydroxyl groups excluding tert-OH is 1. The molecule has 5 aromatic rings. The first-order chi connectivity index (χ1) is 21.7. The number of nitrogens with zero attached hydrogens (tertiary/aromatic N) is 3. The highest BCUT2D eigenvalue weighted by molar-refractivity contribution is 7.98. The molecule has 0 amide bonds. The summed E-state index contributed by atoms with van der Waals surface area (Å²) >= 11 is 1.23. The van der Waals surface area contributed by atoms with Gasteiger partial charge in [0.1, 0.15) is 17.2 Å². The van der Waals surface area contributed by atoms with E-state index in [0.717, 1.165) is 10.7 Å². The zero-order chi connectivity index (χ0) is 33.1. The molecule has 3 aromatic carbocycles. The van der Waals surface area contributed by atoms with Crippen LogP contribution in [-0.4, -0.2) is 43.5 Å². The zero-order valence-electron chi connectivity index (χ0n) is 24.1. The summed E-state index contributed by atoms with van der Waals surface area (Å²) in [6, 6.07) is 12.6. The second-order valence-electron chi connectivity index (χ2n) is 10.2. The Morgan fingerprint density at radius 3 is 2.41 bits per heavy atom. The lowest BCUT2D eigenvalue weighted by Gasteiger charge is -2.14. The van der Waals surface area contributed by atoms with Gasteiger partial charge in [-0.15, -0.1) is 20.5 Å². The Balaban J connectivity index is 1.58. The minimum absolute atomic E-state index is 0.0782. The van der Waals surface area contributed by atoms with E-state index >= 15 is 4.39 Å². The first kappa shape index (κ1) is 31.1. The maximum Gasteiger partial charge on any atom is 0.586 e. The fourth-order valence-corrected chi connectivity index (χ4v) is 5.79. The van der Waals surface area contributed by atoms with Gasteiger partial charge in [-0.3, -0.25) is 4.68 Å². The van der Waals surface area contributed by atoms with Crippen molar-refractivity contribution in [3.05, 3.63) is 77.6 Å². The Morgan fingerprint density at radius 1 is 1.00 bits per heavy atom. The molecule has 2 N–H and O–H groups in total. The molecular formula is C31H22F5N3O6S. The summed E-state index contributed by atoms with van der Waals surface area (Å²) in [6.07, 6.45) is -2.14. The molecule has 0 aliphatic carbocycles. The number of carboxylic acid groups (broad SMARTS) is 1. The number of halogens is 5. The van der Waals surface area contributed by atoms with Crippen LogP contribution in [0.25, 0.3) is 45.0 Å². The van der Waals surface area contributed by atoms with Crippen LogP contribution in [0, 0.1) is 12.7 Å². The van der Waals surface area contributed by atoms with Crippen molar-refractivity contribution in [2.45, 2.75) is 30.6 Å². The lowest BCUT2D eigenvalue weighted by molar-refractivity contribution is -0.286. The van der Waals surface area contributed by atoms with Gasteiger partial charge in [0.15, 0.2) is 23.1 Å². The Morgan fingerprint density at radius 2 is 1.72 bits per heavy atom. The van der Waals surface area contributed by atoms with Gasteiger partial charge < -0.3 is 24.1 Å². The summed E-state index contributed by atoms with van der Waals surface area (Å²) in [5.41, 5.74) is 1.03. The van der Waals surface area contributed by atoms with Crippen molar-refractivity contribution in [3.8, 4) is 56.5 Å². The summed E-state index contributed by atoms with van der Waals surface area (Å²) in [5.74, 6) is -7.51. The number of rotatable bonds is 8. The molecule has 0 spiro atoms. The normalized spacial score (nSPS) is 13.8. The molecule has 1 aliphatic heterocycles. The van der Waals surface area contributed by atoms with Crippen LogP contribution < -0.4 is 9.47 Å². The van der Waals surface area contributed by atoms with Gasteiger partial charge in [0, 0.05) is 41.1 Å². The number of aromatic nitrogens is 3. The van der Waals surface area contributed by atoms with Gasteiger partial charge in [-0.25, -0.2) is 14.2 Å². The first-order valence-corrected chi connectivity index (χ1v) is 14.6. The number of aliphatic hydroxyl groups is 1. The monoisotopic (exact) mass is 659 g/mol. The van der Waals surface area contributed by atoms with Gasteiger partial charge in [-0.05, 0) is 59.8 Å². The number of fused-ring (bicyclic) bond motifs is 1. The molecule has 3 heterocycles. The van der Waals surface area contributed by atoms with Crippen molar-refractivity contribution in [3.63, 3.8) is 0 Å². The van der Waals surface area contributed by atoms with Crippen LogP contribution in [0.2, 0.25) is 0 Å². The van der Waals surface area contributed by atoms with Crippen LogP contribution in [0.15, 0.2) is 63.9 Å². The summed E-state index contributed by atoms with van der Waals surface area (Å²) in [6.45, 7) is 1.03. The van der Waals surface area contributed by atoms with E-state index in [1.165, 1.54) is 43.1 Å². The smallest absolute Gasteiger partial charge is 0.476 e. The van der Waals surface area contributed by atoms with Gasteiger partial charge in [0.2, 0.25) is 0 Å². The topological polar surface area (TPSA) is 120 Å². The standard InChI is InChI=1S/C31H22F5N3O6S/c1-14-37-27(16-5-7-23-24(10-16)45-31(35,36)44-23)28(43-14)19-8-15(17-9-21(32)20(13-40)25(11-17)46-3)4-6-18(19)22-12-26(38-39(22)2)30(33,34)29(41)42/h4-12,40H,13H2,1-3H3,(H,41,42). The number of carbonyl (C=O) groups is 1. The predicted molar refractivity (Wildman–Crippen MR) is 155 cm³/mol. The minimum atomic E-state index is -4.29. The highest BCUT2D eigenvalue weighted by Crippen LogP contribution is 2.46. The number of oxazole rings is 1. The predicted octanol–water partition coefficient (Wildman–Crippen LogP) is 7.24. The van der Waals surface area contributed by atoms with E-state index in [2.05, 4.69) is 19.6 Å². The van der Waals surface area contributed by atoms with Crippen molar-refractivity contribution >= 4 is 17.7 Å². The third-order valence-corrected chi connectivity index (χ3v) is 8.09. The molecule has 15 heteroatoms. The summed E-state index contributed by atoms with van der Waals surface area (Å²) in [5, 5.41) is 22.5. The van der Waals surface area contributed by atoms with Crippen molar-refractivity contribution in [2.75, 3.05) is 6.26 Å². The Hall–Kier alpha value is -4.89. The van der Waals surface area contributed by atoms with Crippen molar-refractivity contribution in [2.24, 2.45) is 7.05 Å². The number of thioether (sulfide) groups is 1. The fraction of sp³-hybridized carbons (Fsp3) is 0.194. The van der Waals surface area contributed by atoms with E-state index in [-0.39, 0.29) is 56.8 Å². The number of hydrogen-bond donors (Lipinski definition) is 2. The third kappa shape index (κ3) is 5.34. The van der Waals surface area contributed by atoms with E-state index in [1.807, 2.05) is 0 Å². The van der Waals surface area contributed by atoms with Crippen molar-refractivity contribution in [1.29, 1.82) is 0 Å². The number of benzene rings is 3. The number of aryl methyl sites for hydroxylation is 2. The largest absolute Gasteiger partial charge is 0.586 e. The lowest BCUT2D eigenvalue weighted by atomic mass is 9.93. The zero-order valence-corrected chi connectivity index (χ0v) is 24.9. The molecule has 0 saturated heterocycles. The van der Waals surface area contributed by atoms with Crippen LogP contribution in [0.3, 0.4) is 0 Å². The van der Waals surface area contributed by atoms with E-state index in [9.17, 15) is 27.5 Å². The van der Waals surface area contributed by atoms with Crippen molar-refractivity contribution in [1.82, 2.24) is 14.8 Å². The molecule has 9 nitrogen and oxygen atoms in total. The summed E-state index contributed by atoms with van der Waals surface area (Å²) in [7, 11) is 1.35. The third-order valence-electron chi connectivity index (χ3n) is 7.28. The molecule has 46 heavy (non-hydrogen) atoms. The average Bonchev–Trinajstić information content (AvgIpc) is 3.68. The van der Waals surface area contributed by atoms with Gasteiger partial charge in [-0.2, -0.15) is 13.9 Å². The molecular weight excluding hydrogens is 637 g/mol. The van der Waals surface area contributed by atoms with E-state index < -0.39 is 36.3 Å². The van der Waals surface area contributed by atoms with E-state index in [4.69, 9.17) is 9.52 Å². The van der Waals surface area contributed by atoms with Crippen LogP contribution in [-0.2, 0) is 24.4 Å². The second-order valence-corrected chi connectivity index (χ2v) is 11.1.